The molecule has 1 heterocycles. The predicted octanol–water partition coefficient (Wildman–Crippen LogP) is 3.18. The second-order valence-electron chi connectivity index (χ2n) is 4.32. The Morgan fingerprint density at radius 2 is 2.00 bits per heavy atom. The van der Waals surface area contributed by atoms with Gasteiger partial charge in [-0.25, -0.2) is 0 Å². The minimum Gasteiger partial charge on any atom is -0.425 e. The Hall–Kier alpha value is -0.830. The molecule has 3 heteroatoms. The molecule has 0 bridgehead atoms. The van der Waals surface area contributed by atoms with Crippen LogP contribution in [0.25, 0.3) is 0 Å². The number of rotatable bonds is 0. The van der Waals surface area contributed by atoms with Crippen molar-refractivity contribution in [3.63, 3.8) is 0 Å². The summed E-state index contributed by atoms with van der Waals surface area (Å²) >= 11 is 3.39. The van der Waals surface area contributed by atoms with Crippen LogP contribution in [0.3, 0.4) is 0 Å². The lowest BCUT2D eigenvalue weighted by Gasteiger charge is -2.18. The Morgan fingerprint density at radius 3 is 2.73 bits per heavy atom. The van der Waals surface area contributed by atoms with Gasteiger partial charge in [-0.1, -0.05) is 34.8 Å². The number of hydrogen-bond acceptors (Lipinski definition) is 2. The molecule has 1 aliphatic heterocycles. The van der Waals surface area contributed by atoms with Gasteiger partial charge in [-0.3, -0.25) is 4.79 Å². The van der Waals surface area contributed by atoms with Gasteiger partial charge in [0.2, 0.25) is 0 Å². The number of esters is 1. The Balaban J connectivity index is 2.17. The molecule has 1 aliphatic carbocycles. The van der Waals surface area contributed by atoms with Crippen LogP contribution in [0.2, 0.25) is 0 Å². The van der Waals surface area contributed by atoms with Gasteiger partial charge in [0, 0.05) is 10.0 Å². The Kier molecular flexibility index (Phi) is 1.93. The molecule has 1 aromatic carbocycles. The summed E-state index contributed by atoms with van der Waals surface area (Å²) in [5.41, 5.74) is 0.781. The van der Waals surface area contributed by atoms with Crippen molar-refractivity contribution in [3.8, 4) is 5.75 Å². The van der Waals surface area contributed by atoms with Crippen molar-refractivity contribution in [2.24, 2.45) is 0 Å². The summed E-state index contributed by atoms with van der Waals surface area (Å²) in [7, 11) is 0. The lowest BCUT2D eigenvalue weighted by molar-refractivity contribution is -0.138. The molecule has 78 valence electrons. The molecule has 0 amide bonds. The molecule has 2 aliphatic rings. The van der Waals surface area contributed by atoms with Gasteiger partial charge in [-0.2, -0.15) is 0 Å². The number of carbonyl (C=O) groups excluding carboxylic acids is 1. The van der Waals surface area contributed by atoms with Crippen LogP contribution in [0.1, 0.15) is 31.2 Å². The van der Waals surface area contributed by atoms with Gasteiger partial charge in [0.25, 0.3) is 0 Å². The zero-order valence-corrected chi connectivity index (χ0v) is 9.84. The third kappa shape index (κ3) is 1.19. The highest BCUT2D eigenvalue weighted by Gasteiger charge is 2.50. The third-order valence-corrected chi connectivity index (χ3v) is 4.00. The van der Waals surface area contributed by atoms with Gasteiger partial charge in [0.15, 0.2) is 0 Å². The molecule has 0 aromatic heterocycles. The van der Waals surface area contributed by atoms with Gasteiger partial charge >= 0.3 is 5.97 Å². The van der Waals surface area contributed by atoms with Crippen LogP contribution in [0.15, 0.2) is 22.7 Å². The Morgan fingerprint density at radius 1 is 1.27 bits per heavy atom. The normalized spacial score (nSPS) is 21.8. The van der Waals surface area contributed by atoms with E-state index in [1.807, 2.05) is 18.2 Å². The molecule has 1 spiro atoms. The summed E-state index contributed by atoms with van der Waals surface area (Å²) in [6, 6.07) is 5.90. The average Bonchev–Trinajstić information content (AvgIpc) is 2.76. The van der Waals surface area contributed by atoms with Gasteiger partial charge in [0.05, 0.1) is 5.41 Å². The zero-order chi connectivity index (χ0) is 10.5. The largest absolute Gasteiger partial charge is 0.425 e. The zero-order valence-electron chi connectivity index (χ0n) is 8.25. The lowest BCUT2D eigenvalue weighted by atomic mass is 9.80. The van der Waals surface area contributed by atoms with Crippen LogP contribution in [-0.2, 0) is 10.2 Å². The fourth-order valence-corrected chi connectivity index (χ4v) is 3.08. The maximum Gasteiger partial charge on any atom is 0.322 e. The maximum absolute atomic E-state index is 11.9. The highest BCUT2D eigenvalue weighted by atomic mass is 79.9. The van der Waals surface area contributed by atoms with E-state index < -0.39 is 0 Å². The fraction of sp³-hybridized carbons (Fsp3) is 0.417. The predicted molar refractivity (Wildman–Crippen MR) is 59.9 cm³/mol. The summed E-state index contributed by atoms with van der Waals surface area (Å²) in [5, 5.41) is 0. The standard InChI is InChI=1S/C12H11BrO2/c13-8-3-4-9-10(7-8)15-11(14)12(9)5-1-2-6-12/h3-4,7H,1-2,5-6H2. The highest BCUT2D eigenvalue weighted by Crippen LogP contribution is 2.50. The van der Waals surface area contributed by atoms with Crippen LogP contribution in [-0.4, -0.2) is 5.97 Å². The van der Waals surface area contributed by atoms with Crippen molar-refractivity contribution in [1.29, 1.82) is 0 Å². The highest BCUT2D eigenvalue weighted by molar-refractivity contribution is 9.10. The molecule has 0 atom stereocenters. The van der Waals surface area contributed by atoms with Gasteiger partial charge in [-0.15, -0.1) is 0 Å². The van der Waals surface area contributed by atoms with E-state index in [0.717, 1.165) is 41.5 Å². The topological polar surface area (TPSA) is 26.3 Å². The number of benzene rings is 1. The third-order valence-electron chi connectivity index (χ3n) is 3.51. The SMILES string of the molecule is O=C1Oc2cc(Br)ccc2C12CCCC2. The fourth-order valence-electron chi connectivity index (χ4n) is 2.74. The molecule has 15 heavy (non-hydrogen) atoms. The number of hydrogen-bond donors (Lipinski definition) is 0. The number of ether oxygens (including phenoxy) is 1. The minimum atomic E-state index is -0.309. The monoisotopic (exact) mass is 266 g/mol. The van der Waals surface area contributed by atoms with Crippen LogP contribution < -0.4 is 4.74 Å². The molecule has 0 radical (unpaired) electrons. The minimum absolute atomic E-state index is 0.0481. The van der Waals surface area contributed by atoms with Crippen LogP contribution in [0, 0.1) is 0 Å². The molecule has 0 N–H and O–H groups in total. The molecule has 0 saturated heterocycles. The molecule has 3 rings (SSSR count). The first-order valence-corrected chi connectivity index (χ1v) is 6.04. The first-order valence-electron chi connectivity index (χ1n) is 5.25. The van der Waals surface area contributed by atoms with Crippen molar-refractivity contribution >= 4 is 21.9 Å². The van der Waals surface area contributed by atoms with Crippen molar-refractivity contribution in [1.82, 2.24) is 0 Å². The van der Waals surface area contributed by atoms with E-state index in [1.165, 1.54) is 0 Å². The molecule has 0 unspecified atom stereocenters. The molecule has 1 aromatic rings. The van der Waals surface area contributed by atoms with Gasteiger partial charge in [0.1, 0.15) is 5.75 Å². The second kappa shape index (κ2) is 3.08. The van der Waals surface area contributed by atoms with Crippen LogP contribution >= 0.6 is 15.9 Å². The number of carbonyl (C=O) groups is 1. The molecule has 1 saturated carbocycles. The van der Waals surface area contributed by atoms with E-state index in [2.05, 4.69) is 15.9 Å². The first kappa shape index (κ1) is 9.40. The van der Waals surface area contributed by atoms with E-state index >= 15 is 0 Å². The van der Waals surface area contributed by atoms with Gasteiger partial charge < -0.3 is 4.74 Å². The van der Waals surface area contributed by atoms with Gasteiger partial charge in [-0.05, 0) is 25.0 Å². The summed E-state index contributed by atoms with van der Waals surface area (Å²) in [6.07, 6.45) is 4.15. The molecular formula is C12H11BrO2. The van der Waals surface area contributed by atoms with E-state index in [1.54, 1.807) is 0 Å². The van der Waals surface area contributed by atoms with E-state index in [-0.39, 0.29) is 11.4 Å². The summed E-state index contributed by atoms with van der Waals surface area (Å²) in [6.45, 7) is 0. The maximum atomic E-state index is 11.9. The molecule has 2 nitrogen and oxygen atoms in total. The van der Waals surface area contributed by atoms with Crippen molar-refractivity contribution in [2.45, 2.75) is 31.1 Å². The van der Waals surface area contributed by atoms with Crippen molar-refractivity contribution in [2.75, 3.05) is 0 Å². The number of halogens is 1. The quantitative estimate of drug-likeness (QED) is 0.533. The average molecular weight is 267 g/mol. The lowest BCUT2D eigenvalue weighted by Crippen LogP contribution is -2.30. The molecule has 1 fully saturated rings. The van der Waals surface area contributed by atoms with E-state index in [4.69, 9.17) is 4.74 Å². The van der Waals surface area contributed by atoms with E-state index in [0.29, 0.717) is 0 Å². The molecular weight excluding hydrogens is 256 g/mol. The second-order valence-corrected chi connectivity index (χ2v) is 5.23. The van der Waals surface area contributed by atoms with E-state index in [9.17, 15) is 4.79 Å². The van der Waals surface area contributed by atoms with Crippen LogP contribution in [0.4, 0.5) is 0 Å². The Bertz CT molecular complexity index is 433. The Labute approximate surface area is 96.8 Å². The summed E-state index contributed by atoms with van der Waals surface area (Å²) in [4.78, 5) is 11.9. The first-order chi connectivity index (χ1) is 7.22. The van der Waals surface area contributed by atoms with Crippen LogP contribution in [0.5, 0.6) is 5.75 Å². The number of fused-ring (bicyclic) bond motifs is 2. The van der Waals surface area contributed by atoms with Crippen molar-refractivity contribution in [3.05, 3.63) is 28.2 Å². The van der Waals surface area contributed by atoms with Crippen molar-refractivity contribution < 1.29 is 9.53 Å². The summed E-state index contributed by atoms with van der Waals surface area (Å²) in [5.74, 6) is 0.698. The smallest absolute Gasteiger partial charge is 0.322 e. The summed E-state index contributed by atoms with van der Waals surface area (Å²) < 4.78 is 6.32.